The van der Waals surface area contributed by atoms with Crippen molar-refractivity contribution >= 4 is 27.4 Å². The first-order chi connectivity index (χ1) is 9.88. The van der Waals surface area contributed by atoms with Crippen molar-refractivity contribution in [2.45, 2.75) is 11.5 Å². The summed E-state index contributed by atoms with van der Waals surface area (Å²) in [6.45, 7) is 0.0104. The maximum Gasteiger partial charge on any atom is 0.338 e. The molecule has 2 rings (SSSR count). The van der Waals surface area contributed by atoms with Gasteiger partial charge in [-0.25, -0.2) is 13.2 Å². The second-order valence-corrected chi connectivity index (χ2v) is 6.71. The largest absolute Gasteiger partial charge is 0.456 e. The highest BCUT2D eigenvalue weighted by atomic mass is 35.5. The van der Waals surface area contributed by atoms with Gasteiger partial charge >= 0.3 is 5.97 Å². The van der Waals surface area contributed by atoms with Crippen LogP contribution in [0.1, 0.15) is 16.1 Å². The SMILES string of the molecule is CS(=O)(=O)c1cc(C(=O)OCc2ccccn2)ccc1Cl. The lowest BCUT2D eigenvalue weighted by molar-refractivity contribution is 0.0467. The van der Waals surface area contributed by atoms with E-state index in [1.807, 2.05) is 0 Å². The molecule has 21 heavy (non-hydrogen) atoms. The maximum atomic E-state index is 11.9. The molecule has 5 nitrogen and oxygen atoms in total. The predicted octanol–water partition coefficient (Wildman–Crippen LogP) is 2.50. The van der Waals surface area contributed by atoms with Gasteiger partial charge in [0.25, 0.3) is 0 Å². The van der Waals surface area contributed by atoms with Crippen LogP contribution in [0.2, 0.25) is 5.02 Å². The molecule has 0 spiro atoms. The second kappa shape index (κ2) is 6.24. The molecule has 0 unspecified atom stereocenters. The van der Waals surface area contributed by atoms with Crippen molar-refractivity contribution in [2.24, 2.45) is 0 Å². The molecule has 0 aliphatic rings. The van der Waals surface area contributed by atoms with Crippen LogP contribution in [0.15, 0.2) is 47.5 Å². The lowest BCUT2D eigenvalue weighted by Crippen LogP contribution is -2.08. The van der Waals surface area contributed by atoms with Crippen LogP contribution >= 0.6 is 11.6 Å². The van der Waals surface area contributed by atoms with Crippen molar-refractivity contribution in [3.63, 3.8) is 0 Å². The van der Waals surface area contributed by atoms with E-state index in [-0.39, 0.29) is 22.1 Å². The van der Waals surface area contributed by atoms with E-state index < -0.39 is 15.8 Å². The molecule has 1 aromatic carbocycles. The van der Waals surface area contributed by atoms with Crippen LogP contribution in [0, 0.1) is 0 Å². The molecule has 110 valence electrons. The van der Waals surface area contributed by atoms with Gasteiger partial charge in [0.1, 0.15) is 6.61 Å². The minimum Gasteiger partial charge on any atom is -0.456 e. The molecule has 0 saturated heterocycles. The Morgan fingerprint density at radius 2 is 2.05 bits per heavy atom. The number of aromatic nitrogens is 1. The monoisotopic (exact) mass is 325 g/mol. The topological polar surface area (TPSA) is 73.3 Å². The minimum absolute atomic E-state index is 0.0104. The zero-order chi connectivity index (χ0) is 15.5. The number of hydrogen-bond donors (Lipinski definition) is 0. The van der Waals surface area contributed by atoms with Gasteiger partial charge in [-0.3, -0.25) is 4.98 Å². The molecule has 1 aromatic heterocycles. The number of carbonyl (C=O) groups is 1. The molecule has 0 N–H and O–H groups in total. The Hall–Kier alpha value is -1.92. The Balaban J connectivity index is 2.17. The average Bonchev–Trinajstić information content (AvgIpc) is 2.45. The highest BCUT2D eigenvalue weighted by molar-refractivity contribution is 7.90. The first kappa shape index (κ1) is 15.5. The summed E-state index contributed by atoms with van der Waals surface area (Å²) in [6, 6.07) is 9.23. The molecular formula is C14H12ClNO4S. The molecule has 0 atom stereocenters. The maximum absolute atomic E-state index is 11.9. The van der Waals surface area contributed by atoms with E-state index in [9.17, 15) is 13.2 Å². The molecule has 0 fully saturated rings. The Morgan fingerprint density at radius 1 is 1.29 bits per heavy atom. The van der Waals surface area contributed by atoms with Gasteiger partial charge in [0.15, 0.2) is 9.84 Å². The first-order valence-electron chi connectivity index (χ1n) is 5.94. The summed E-state index contributed by atoms with van der Waals surface area (Å²) in [7, 11) is -3.51. The Labute approximate surface area is 127 Å². The summed E-state index contributed by atoms with van der Waals surface area (Å²) >= 11 is 5.82. The van der Waals surface area contributed by atoms with Gasteiger partial charge in [0.2, 0.25) is 0 Å². The standard InChI is InChI=1S/C14H12ClNO4S/c1-21(18,19)13-8-10(5-6-12(13)15)14(17)20-9-11-4-2-3-7-16-11/h2-8H,9H2,1H3. The number of nitrogens with zero attached hydrogens (tertiary/aromatic N) is 1. The summed E-state index contributed by atoms with van der Waals surface area (Å²) in [5.41, 5.74) is 0.721. The summed E-state index contributed by atoms with van der Waals surface area (Å²) < 4.78 is 28.2. The van der Waals surface area contributed by atoms with E-state index in [1.165, 1.54) is 18.2 Å². The molecule has 0 bridgehead atoms. The zero-order valence-electron chi connectivity index (χ0n) is 11.1. The van der Waals surface area contributed by atoms with E-state index in [0.717, 1.165) is 6.26 Å². The number of carbonyl (C=O) groups excluding carboxylic acids is 1. The predicted molar refractivity (Wildman–Crippen MR) is 77.9 cm³/mol. The van der Waals surface area contributed by atoms with Gasteiger partial charge in [-0.2, -0.15) is 0 Å². The Morgan fingerprint density at radius 3 is 2.67 bits per heavy atom. The molecule has 0 amide bonds. The Bertz CT molecular complexity index is 760. The fraction of sp³-hybridized carbons (Fsp3) is 0.143. The van der Waals surface area contributed by atoms with Gasteiger partial charge in [-0.15, -0.1) is 0 Å². The molecule has 7 heteroatoms. The van der Waals surface area contributed by atoms with Crippen LogP contribution in [0.5, 0.6) is 0 Å². The summed E-state index contributed by atoms with van der Waals surface area (Å²) in [6.07, 6.45) is 2.62. The number of halogens is 1. The van der Waals surface area contributed by atoms with Crippen LogP contribution in [-0.2, 0) is 21.2 Å². The van der Waals surface area contributed by atoms with Crippen molar-refractivity contribution in [2.75, 3.05) is 6.26 Å². The van der Waals surface area contributed by atoms with Crippen molar-refractivity contribution in [3.8, 4) is 0 Å². The summed E-state index contributed by atoms with van der Waals surface area (Å²) in [4.78, 5) is 15.8. The molecule has 1 heterocycles. The van der Waals surface area contributed by atoms with E-state index in [2.05, 4.69) is 4.98 Å². The molecule has 0 aliphatic heterocycles. The number of rotatable bonds is 4. The molecule has 0 saturated carbocycles. The van der Waals surface area contributed by atoms with Crippen LogP contribution in [0.3, 0.4) is 0 Å². The molecular weight excluding hydrogens is 314 g/mol. The Kier molecular flexibility index (Phi) is 4.59. The van der Waals surface area contributed by atoms with Crippen LogP contribution in [0.25, 0.3) is 0 Å². The van der Waals surface area contributed by atoms with Gasteiger partial charge < -0.3 is 4.74 Å². The van der Waals surface area contributed by atoms with Crippen LogP contribution < -0.4 is 0 Å². The van der Waals surface area contributed by atoms with E-state index in [1.54, 1.807) is 24.4 Å². The molecule has 0 radical (unpaired) electrons. The average molecular weight is 326 g/mol. The van der Waals surface area contributed by atoms with E-state index >= 15 is 0 Å². The fourth-order valence-electron chi connectivity index (χ4n) is 1.62. The number of sulfone groups is 1. The van der Waals surface area contributed by atoms with Gasteiger partial charge in [0.05, 0.1) is 21.2 Å². The third-order valence-electron chi connectivity index (χ3n) is 2.64. The van der Waals surface area contributed by atoms with E-state index in [0.29, 0.717) is 5.69 Å². The minimum atomic E-state index is -3.51. The quantitative estimate of drug-likeness (QED) is 0.807. The van der Waals surface area contributed by atoms with Crippen molar-refractivity contribution < 1.29 is 17.9 Å². The normalized spacial score (nSPS) is 11.1. The van der Waals surface area contributed by atoms with Crippen LogP contribution in [0.4, 0.5) is 0 Å². The highest BCUT2D eigenvalue weighted by Crippen LogP contribution is 2.23. The number of pyridine rings is 1. The zero-order valence-corrected chi connectivity index (χ0v) is 12.7. The number of esters is 1. The number of ether oxygens (including phenoxy) is 1. The number of hydrogen-bond acceptors (Lipinski definition) is 5. The number of benzene rings is 1. The lowest BCUT2D eigenvalue weighted by Gasteiger charge is -2.07. The summed E-state index contributed by atoms with van der Waals surface area (Å²) in [5.74, 6) is -0.637. The van der Waals surface area contributed by atoms with Crippen molar-refractivity contribution in [1.29, 1.82) is 0 Å². The third kappa shape index (κ3) is 4.03. The van der Waals surface area contributed by atoms with Gasteiger partial charge in [-0.05, 0) is 30.3 Å². The summed E-state index contributed by atoms with van der Waals surface area (Å²) in [5, 5.41) is 0.0683. The molecule has 2 aromatic rings. The molecule has 0 aliphatic carbocycles. The van der Waals surface area contributed by atoms with Gasteiger partial charge in [-0.1, -0.05) is 17.7 Å². The second-order valence-electron chi connectivity index (χ2n) is 4.31. The van der Waals surface area contributed by atoms with Crippen molar-refractivity contribution in [1.82, 2.24) is 4.98 Å². The van der Waals surface area contributed by atoms with Gasteiger partial charge in [0, 0.05) is 12.5 Å². The first-order valence-corrected chi connectivity index (χ1v) is 8.21. The fourth-order valence-corrected chi connectivity index (χ4v) is 2.92. The third-order valence-corrected chi connectivity index (χ3v) is 4.22. The van der Waals surface area contributed by atoms with Crippen molar-refractivity contribution in [3.05, 3.63) is 58.9 Å². The van der Waals surface area contributed by atoms with Crippen LogP contribution in [-0.4, -0.2) is 25.6 Å². The highest BCUT2D eigenvalue weighted by Gasteiger charge is 2.16. The smallest absolute Gasteiger partial charge is 0.338 e. The van der Waals surface area contributed by atoms with E-state index in [4.69, 9.17) is 16.3 Å². The lowest BCUT2D eigenvalue weighted by atomic mass is 10.2.